The number of nitrogens with zero attached hydrogens (tertiary/aromatic N) is 4. The molecule has 2 fully saturated rings. The summed E-state index contributed by atoms with van der Waals surface area (Å²) in [6.45, 7) is 12.2. The number of rotatable bonds is 5. The van der Waals surface area contributed by atoms with E-state index in [-0.39, 0.29) is 30.3 Å². The molecule has 3 unspecified atom stereocenters. The number of ether oxygens (including phenoxy) is 3. The van der Waals surface area contributed by atoms with E-state index >= 15 is 0 Å². The van der Waals surface area contributed by atoms with E-state index in [9.17, 15) is 8.78 Å². The number of thiazole rings is 1. The highest BCUT2D eigenvalue weighted by Crippen LogP contribution is 2.52. The fourth-order valence-corrected chi connectivity index (χ4v) is 14.5. The van der Waals surface area contributed by atoms with Crippen molar-refractivity contribution in [2.24, 2.45) is 0 Å². The summed E-state index contributed by atoms with van der Waals surface area (Å²) in [5, 5.41) is 4.67. The van der Waals surface area contributed by atoms with Crippen LogP contribution in [0, 0.1) is 53.2 Å². The van der Waals surface area contributed by atoms with Crippen molar-refractivity contribution in [3.8, 4) is 51.0 Å². The number of thiophene rings is 1. The predicted octanol–water partition coefficient (Wildman–Crippen LogP) is 19.1. The number of hydrogen-bond acceptors (Lipinski definition) is 6. The number of fused-ring (bicyclic) bond motifs is 15. The fraction of sp³-hybridized carbons (Fsp3) is 0.214. The Kier molecular flexibility index (Phi) is 11.8. The first-order valence-corrected chi connectivity index (χ1v) is 29.7. The highest BCUT2D eigenvalue weighted by molar-refractivity contribution is 7.12. The molecule has 0 radical (unpaired) electrons. The molecule has 17 rings (SSSR count). The monoisotopic (exact) mass is 1100 g/mol. The third-order valence-electron chi connectivity index (χ3n) is 16.4. The second-order valence-corrected chi connectivity index (χ2v) is 25.1. The van der Waals surface area contributed by atoms with Crippen molar-refractivity contribution in [2.75, 3.05) is 0 Å². The van der Waals surface area contributed by atoms with Crippen LogP contribution in [0.1, 0.15) is 115 Å². The molecule has 8 heterocycles. The largest absolute Gasteiger partial charge is 0.465 e. The first-order chi connectivity index (χ1) is 39.4. The van der Waals surface area contributed by atoms with Gasteiger partial charge in [-0.25, -0.2) is 13.8 Å². The topological polar surface area (TPSA) is 55.4 Å². The van der Waals surface area contributed by atoms with Crippen LogP contribution in [0.25, 0.3) is 66.5 Å². The molecule has 11 heteroatoms. The molecule has 3 aliphatic heterocycles. The van der Waals surface area contributed by atoms with Crippen LogP contribution >= 0.6 is 22.7 Å². The Morgan fingerprint density at radius 1 is 0.420 bits per heavy atom. The summed E-state index contributed by atoms with van der Waals surface area (Å²) in [7, 11) is 0. The van der Waals surface area contributed by atoms with Crippen LogP contribution in [0.4, 0.5) is 8.78 Å². The molecule has 2 saturated carbocycles. The van der Waals surface area contributed by atoms with Gasteiger partial charge in [-0.3, -0.25) is 9.13 Å². The van der Waals surface area contributed by atoms with Crippen molar-refractivity contribution >= 4 is 55.4 Å². The Morgan fingerprint density at radius 3 is 1.44 bits per heavy atom. The van der Waals surface area contributed by atoms with E-state index in [1.807, 2.05) is 49.6 Å². The Labute approximate surface area is 477 Å². The van der Waals surface area contributed by atoms with E-state index in [1.54, 1.807) is 23.5 Å². The fourth-order valence-electron chi connectivity index (χ4n) is 12.2. The quantitative estimate of drug-likeness (QED) is 0.172. The van der Waals surface area contributed by atoms with Crippen molar-refractivity contribution in [1.82, 2.24) is 18.7 Å². The van der Waals surface area contributed by atoms with Gasteiger partial charge in [0, 0.05) is 44.3 Å². The average Bonchev–Trinajstić information content (AvgIpc) is 4.41. The summed E-state index contributed by atoms with van der Waals surface area (Å²) in [5.41, 5.74) is 16.4. The highest BCUT2D eigenvalue weighted by Gasteiger charge is 2.37. The van der Waals surface area contributed by atoms with Crippen LogP contribution in [0.5, 0.6) is 17.2 Å². The predicted molar refractivity (Wildman–Crippen MR) is 324 cm³/mol. The molecule has 5 aromatic heterocycles. The van der Waals surface area contributed by atoms with Gasteiger partial charge in [-0.2, -0.15) is 0 Å². The summed E-state index contributed by atoms with van der Waals surface area (Å²) >= 11 is 3.55. The molecule has 7 aromatic carbocycles. The molecule has 7 nitrogen and oxygen atoms in total. The summed E-state index contributed by atoms with van der Waals surface area (Å²) in [6.07, 6.45) is 6.22. The standard InChI is InChI=1S/C24H20FNOS.C23H19FN2OS.C23H19NO/c1-13-3-6-18-16(9-13)12-19-23-17(25)10-14(2)11-20(23)27-24(26(18)19)22-8-7-21(28-22)15-4-5-15;1-12-3-6-17-15(7-12)10-18-21-16(24)8-13(2)9-19(21)27-23(26(17)18)20-11-25-22(28-20)14-4-5-14;1-15-9-11-20-18(12-15)14-21-19-10-8-16(2)13-22(19)25-23(24(20)21)17-6-4-3-5-7-17/h3,6-12,15,24H,4-5H2,1-2H3;3,6-11,14,23H,4-5H2,1-2H3;3-14,23H,1-2H3. The van der Waals surface area contributed by atoms with Crippen LogP contribution in [0.2, 0.25) is 0 Å². The maximum absolute atomic E-state index is 15.0. The number of benzene rings is 7. The first-order valence-electron chi connectivity index (χ1n) is 28.0. The number of hydrogen-bond donors (Lipinski definition) is 0. The number of halogens is 2. The molecule has 402 valence electrons. The molecule has 3 atom stereocenters. The number of aryl methyl sites for hydroxylation is 6. The lowest BCUT2D eigenvalue weighted by molar-refractivity contribution is 0.173. The van der Waals surface area contributed by atoms with Crippen molar-refractivity contribution in [2.45, 2.75) is 97.7 Å². The SMILES string of the molecule is Cc1cc(F)c2c(c1)OC(c1ccc(C3CC3)s1)n1c-2cc2cc(C)ccc21.Cc1cc(F)c2c(c1)OC(c1cnc(C3CC3)s1)n1c-2cc2cc(C)ccc21.Cc1ccc2c(c1)OC(c1ccccc1)n1c-2cc2cc(C)ccc21. The molecule has 0 N–H and O–H groups in total. The van der Waals surface area contributed by atoms with Gasteiger partial charge in [0.2, 0.25) is 18.7 Å². The van der Waals surface area contributed by atoms with E-state index < -0.39 is 0 Å². The third-order valence-corrected chi connectivity index (χ3v) is 18.9. The van der Waals surface area contributed by atoms with E-state index in [1.165, 1.54) is 79.3 Å². The van der Waals surface area contributed by atoms with Gasteiger partial charge < -0.3 is 18.8 Å². The zero-order valence-electron chi connectivity index (χ0n) is 45.9. The smallest absolute Gasteiger partial charge is 0.213 e. The molecule has 0 amide bonds. The van der Waals surface area contributed by atoms with Crippen LogP contribution in [-0.2, 0) is 0 Å². The van der Waals surface area contributed by atoms with Gasteiger partial charge in [0.15, 0.2) is 0 Å². The van der Waals surface area contributed by atoms with Crippen molar-refractivity contribution in [3.63, 3.8) is 0 Å². The lowest BCUT2D eigenvalue weighted by Crippen LogP contribution is -2.22. The van der Waals surface area contributed by atoms with Gasteiger partial charge in [0.05, 0.1) is 59.5 Å². The first kappa shape index (κ1) is 49.8. The van der Waals surface area contributed by atoms with E-state index in [2.05, 4.69) is 174 Å². The minimum absolute atomic E-state index is 0.147. The maximum atomic E-state index is 15.0. The van der Waals surface area contributed by atoms with Gasteiger partial charge in [-0.05, 0) is 193 Å². The van der Waals surface area contributed by atoms with Gasteiger partial charge in [0.1, 0.15) is 28.9 Å². The molecule has 0 spiro atoms. The minimum atomic E-state index is -0.325. The molecule has 0 bridgehead atoms. The molecule has 5 aliphatic rings. The highest BCUT2D eigenvalue weighted by atomic mass is 32.1. The van der Waals surface area contributed by atoms with Gasteiger partial charge >= 0.3 is 0 Å². The van der Waals surface area contributed by atoms with Crippen molar-refractivity contribution < 1.29 is 23.0 Å². The van der Waals surface area contributed by atoms with Gasteiger partial charge in [-0.1, -0.05) is 71.3 Å². The molecule has 81 heavy (non-hydrogen) atoms. The van der Waals surface area contributed by atoms with Crippen LogP contribution in [0.3, 0.4) is 0 Å². The molecular weight excluding hydrogens is 1050 g/mol. The van der Waals surface area contributed by atoms with Crippen LogP contribution < -0.4 is 14.2 Å². The summed E-state index contributed by atoms with van der Waals surface area (Å²) in [6, 6.07) is 54.2. The minimum Gasteiger partial charge on any atom is -0.465 e. The average molecular weight is 1110 g/mol. The lowest BCUT2D eigenvalue weighted by atomic mass is 10.1. The Morgan fingerprint density at radius 2 is 0.889 bits per heavy atom. The van der Waals surface area contributed by atoms with Crippen molar-refractivity contribution in [3.05, 3.63) is 234 Å². The summed E-state index contributed by atoms with van der Waals surface area (Å²) in [5.74, 6) is 3.07. The Hall–Kier alpha value is -8.25. The van der Waals surface area contributed by atoms with E-state index in [0.29, 0.717) is 28.5 Å². The maximum Gasteiger partial charge on any atom is 0.213 e. The molecule has 2 aliphatic carbocycles. The Bertz CT molecular complexity index is 4300. The van der Waals surface area contributed by atoms with Gasteiger partial charge in [0.25, 0.3) is 0 Å². The second kappa shape index (κ2) is 19.2. The molecule has 0 saturated heterocycles. The van der Waals surface area contributed by atoms with Crippen molar-refractivity contribution in [1.29, 1.82) is 0 Å². The summed E-state index contributed by atoms with van der Waals surface area (Å²) in [4.78, 5) is 8.32. The van der Waals surface area contributed by atoms with Gasteiger partial charge in [-0.15, -0.1) is 22.7 Å². The second-order valence-electron chi connectivity index (χ2n) is 22.8. The summed E-state index contributed by atoms with van der Waals surface area (Å²) < 4.78 is 55.9. The van der Waals surface area contributed by atoms with E-state index in [0.717, 1.165) is 72.0 Å². The number of aromatic nitrogens is 4. The lowest BCUT2D eigenvalue weighted by Gasteiger charge is -2.30. The Balaban J connectivity index is 0.000000105. The van der Waals surface area contributed by atoms with Crippen LogP contribution in [-0.4, -0.2) is 18.7 Å². The van der Waals surface area contributed by atoms with Crippen LogP contribution in [0.15, 0.2) is 164 Å². The zero-order chi connectivity index (χ0) is 54.9. The van der Waals surface area contributed by atoms with E-state index in [4.69, 9.17) is 14.2 Å². The normalized spacial score (nSPS) is 17.3. The molecular formula is C70H58F2N4O3S2. The third kappa shape index (κ3) is 8.75. The molecule has 12 aromatic rings. The zero-order valence-corrected chi connectivity index (χ0v) is 47.5.